The van der Waals surface area contributed by atoms with Crippen LogP contribution in [0.1, 0.15) is 110 Å². The zero-order valence-corrected chi connectivity index (χ0v) is 18.1. The van der Waals surface area contributed by atoms with E-state index in [2.05, 4.69) is 19.1 Å². The van der Waals surface area contributed by atoms with E-state index in [0.717, 1.165) is 12.8 Å². The number of allylic oxidation sites excluding steroid dienone is 2. The molecule has 4 nitrogen and oxygen atoms in total. The van der Waals surface area contributed by atoms with Crippen LogP contribution < -0.4 is 17.0 Å². The summed E-state index contributed by atoms with van der Waals surface area (Å²) >= 11 is 0. The molecule has 0 bridgehead atoms. The Balaban J connectivity index is 0. The van der Waals surface area contributed by atoms with E-state index < -0.39 is 11.0 Å². The third-order valence-corrected chi connectivity index (χ3v) is 4.73. The van der Waals surface area contributed by atoms with E-state index >= 15 is 0 Å². The van der Waals surface area contributed by atoms with Gasteiger partial charge >= 0.3 is 0 Å². The highest BCUT2D eigenvalue weighted by Crippen LogP contribution is 2.14. The lowest BCUT2D eigenvalue weighted by Gasteiger charge is -2.18. The highest BCUT2D eigenvalue weighted by molar-refractivity contribution is 4.81. The molecule has 0 aliphatic heterocycles. The van der Waals surface area contributed by atoms with Crippen molar-refractivity contribution in [1.82, 2.24) is 0 Å². The van der Waals surface area contributed by atoms with Gasteiger partial charge in [0, 0.05) is 6.42 Å². The van der Waals surface area contributed by atoms with Gasteiger partial charge in [-0.3, -0.25) is 0 Å². The minimum Gasteiger partial charge on any atom is -1.00 e. The summed E-state index contributed by atoms with van der Waals surface area (Å²) in [6.07, 6.45) is 23.0. The summed E-state index contributed by atoms with van der Waals surface area (Å²) in [6, 6.07) is -0.540. The van der Waals surface area contributed by atoms with Crippen LogP contribution in [0.3, 0.4) is 0 Å². The van der Waals surface area contributed by atoms with Crippen molar-refractivity contribution in [2.45, 2.75) is 116 Å². The van der Waals surface area contributed by atoms with Gasteiger partial charge in [-0.2, -0.15) is 0 Å². The second-order valence-electron chi connectivity index (χ2n) is 7.19. The van der Waals surface area contributed by atoms with Gasteiger partial charge in [-0.25, -0.2) is 0 Å². The second kappa shape index (κ2) is 18.8. The molecule has 0 aromatic rings. The Kier molecular flexibility index (Phi) is 20.6. The molecule has 0 heterocycles. The summed E-state index contributed by atoms with van der Waals surface area (Å²) in [4.78, 5) is -1.90. The zero-order chi connectivity index (χ0) is 18.1. The summed E-state index contributed by atoms with van der Waals surface area (Å²) in [5, 5.41) is 26.9. The first-order valence-corrected chi connectivity index (χ1v) is 10.2. The Labute approximate surface area is 166 Å². The molecule has 0 radical (unpaired) electrons. The van der Waals surface area contributed by atoms with E-state index in [4.69, 9.17) is 15.6 Å². The van der Waals surface area contributed by atoms with Gasteiger partial charge in [0.2, 0.25) is 0 Å². The molecule has 0 fully saturated rings. The quantitative estimate of drug-likeness (QED) is 0.144. The van der Waals surface area contributed by atoms with Gasteiger partial charge in [0.15, 0.2) is 6.04 Å². The van der Waals surface area contributed by atoms with Crippen LogP contribution in [0.5, 0.6) is 0 Å². The molecule has 1 unspecified atom stereocenters. The lowest BCUT2D eigenvalue weighted by molar-refractivity contribution is -1.38. The molecule has 0 saturated carbocycles. The smallest absolute Gasteiger partial charge is 0.184 e. The molecule has 0 aliphatic rings. The molecule has 0 rings (SSSR count). The number of hydroxylamine groups is 3. The molecule has 0 spiro atoms. The zero-order valence-electron chi connectivity index (χ0n) is 16.5. The average Bonchev–Trinajstić information content (AvgIpc) is 2.53. The van der Waals surface area contributed by atoms with Crippen LogP contribution in [0, 0.1) is 0 Å². The number of hydrogen-bond acceptors (Lipinski definition) is 3. The van der Waals surface area contributed by atoms with Crippen molar-refractivity contribution in [3.05, 3.63) is 12.2 Å². The fourth-order valence-corrected chi connectivity index (χ4v) is 2.86. The largest absolute Gasteiger partial charge is 1.00 e. The fraction of sp³-hybridized carbons (Fsp3) is 0.900. The molecule has 3 N–H and O–H groups in total. The van der Waals surface area contributed by atoms with Crippen molar-refractivity contribution in [2.24, 2.45) is 0 Å². The first-order valence-electron chi connectivity index (χ1n) is 10.2. The Hall–Kier alpha value is 0.0600. The predicted molar refractivity (Wildman–Crippen MR) is 99.2 cm³/mol. The van der Waals surface area contributed by atoms with Crippen LogP contribution in [0.15, 0.2) is 12.2 Å². The highest BCUT2D eigenvalue weighted by atomic mass is 79.9. The molecule has 0 aromatic carbocycles. The molecule has 1 atom stereocenters. The van der Waals surface area contributed by atoms with Gasteiger partial charge in [0.25, 0.3) is 0 Å². The lowest BCUT2D eigenvalue weighted by Crippen LogP contribution is -3.00. The predicted octanol–water partition coefficient (Wildman–Crippen LogP) is 3.79. The minimum absolute atomic E-state index is 0. The number of halogens is 1. The third kappa shape index (κ3) is 20.2. The number of quaternary nitrogens is 1. The Morgan fingerprint density at radius 1 is 0.680 bits per heavy atom. The van der Waals surface area contributed by atoms with Gasteiger partial charge in [0.05, 0.1) is 4.97 Å². The summed E-state index contributed by atoms with van der Waals surface area (Å²) in [6.45, 7) is 3.90. The van der Waals surface area contributed by atoms with E-state index in [0.29, 0.717) is 6.42 Å². The van der Waals surface area contributed by atoms with E-state index in [1.165, 1.54) is 77.0 Å². The summed E-state index contributed by atoms with van der Waals surface area (Å²) in [7, 11) is 0. The van der Waals surface area contributed by atoms with Crippen molar-refractivity contribution >= 4 is 0 Å². The number of nitrogens with zero attached hydrogens (tertiary/aromatic N) is 1. The van der Waals surface area contributed by atoms with Crippen LogP contribution in [-0.2, 0) is 0 Å². The third-order valence-electron chi connectivity index (χ3n) is 4.73. The molecule has 152 valence electrons. The molecule has 0 aliphatic carbocycles. The highest BCUT2D eigenvalue weighted by Gasteiger charge is 2.28. The van der Waals surface area contributed by atoms with Gasteiger partial charge < -0.3 is 17.0 Å². The molecule has 0 amide bonds. The maximum Gasteiger partial charge on any atom is 0.184 e. The minimum atomic E-state index is -1.90. The van der Waals surface area contributed by atoms with Gasteiger partial charge in [-0.1, -0.05) is 76.9 Å². The maximum atomic E-state index is 8.95. The standard InChI is InChI=1S/C20H42NO3.BrH/c1-3-4-5-6-7-8-9-10-11-12-13-14-15-16-17-18-19-20(2)21(22,23)24;/h10-11,20,22-24H,3-9,12-19H2,1-2H3;1H/q+1;/p-1/b11-10-;. The molecule has 0 aromatic heterocycles. The van der Waals surface area contributed by atoms with Crippen LogP contribution in [-0.4, -0.2) is 26.6 Å². The van der Waals surface area contributed by atoms with Crippen molar-refractivity contribution < 1.29 is 37.6 Å². The van der Waals surface area contributed by atoms with E-state index in [1.807, 2.05) is 0 Å². The first kappa shape index (κ1) is 27.3. The monoisotopic (exact) mass is 423 g/mol. The average molecular weight is 424 g/mol. The van der Waals surface area contributed by atoms with Crippen LogP contribution >= 0.6 is 0 Å². The van der Waals surface area contributed by atoms with Gasteiger partial charge in [0.1, 0.15) is 0 Å². The number of unbranched alkanes of at least 4 members (excludes halogenated alkanes) is 12. The normalized spacial score (nSPS) is 13.2. The molecular formula is C20H42BrNO3. The number of rotatable bonds is 17. The van der Waals surface area contributed by atoms with Gasteiger partial charge in [-0.15, -0.1) is 15.6 Å². The Bertz CT molecular complexity index is 293. The van der Waals surface area contributed by atoms with Gasteiger partial charge in [-0.05, 0) is 39.0 Å². The molecule has 25 heavy (non-hydrogen) atoms. The molecular weight excluding hydrogens is 382 g/mol. The lowest BCUT2D eigenvalue weighted by atomic mass is 10.1. The van der Waals surface area contributed by atoms with E-state index in [1.54, 1.807) is 6.92 Å². The van der Waals surface area contributed by atoms with E-state index in [9.17, 15) is 0 Å². The molecule has 5 heteroatoms. The van der Waals surface area contributed by atoms with Crippen LogP contribution in [0.25, 0.3) is 0 Å². The van der Waals surface area contributed by atoms with Crippen molar-refractivity contribution in [3.63, 3.8) is 0 Å². The topological polar surface area (TPSA) is 60.7 Å². The summed E-state index contributed by atoms with van der Waals surface area (Å²) in [5.41, 5.74) is 0. The van der Waals surface area contributed by atoms with E-state index in [-0.39, 0.29) is 17.0 Å². The maximum absolute atomic E-state index is 8.95. The summed E-state index contributed by atoms with van der Waals surface area (Å²) in [5.74, 6) is 0. The SMILES string of the molecule is CCCCCCCC/C=C\CCCCCCCCC(C)[N+](O)(O)O.[Br-]. The van der Waals surface area contributed by atoms with Crippen LogP contribution in [0.2, 0.25) is 0 Å². The first-order chi connectivity index (χ1) is 11.5. The van der Waals surface area contributed by atoms with Crippen molar-refractivity contribution in [1.29, 1.82) is 0 Å². The molecule has 0 saturated heterocycles. The van der Waals surface area contributed by atoms with Crippen LogP contribution in [0.4, 0.5) is 0 Å². The Morgan fingerprint density at radius 2 is 1.08 bits per heavy atom. The van der Waals surface area contributed by atoms with Crippen molar-refractivity contribution in [2.75, 3.05) is 0 Å². The summed E-state index contributed by atoms with van der Waals surface area (Å²) < 4.78 is 0. The number of hydrogen-bond donors (Lipinski definition) is 3. The van der Waals surface area contributed by atoms with Crippen molar-refractivity contribution in [3.8, 4) is 0 Å². The fourth-order valence-electron chi connectivity index (χ4n) is 2.86. The second-order valence-corrected chi connectivity index (χ2v) is 7.19. The Morgan fingerprint density at radius 3 is 1.52 bits per heavy atom.